The standard InChI is InChI=1S/C21H27N3O3S2/c25-21(23-14-12-22(13-15-23)17-19-5-4-16-28-19)18-6-8-20(9-7-18)29(26,27)24-10-2-1-3-11-24/h4-9,16H,1-3,10-15,17H2. The molecule has 2 aromatic rings. The van der Waals surface area contributed by atoms with E-state index >= 15 is 0 Å². The van der Waals surface area contributed by atoms with E-state index in [0.29, 0.717) is 31.7 Å². The van der Waals surface area contributed by atoms with E-state index in [1.807, 2.05) is 4.90 Å². The molecule has 29 heavy (non-hydrogen) atoms. The Morgan fingerprint density at radius 1 is 0.897 bits per heavy atom. The van der Waals surface area contributed by atoms with Gasteiger partial charge in [0.15, 0.2) is 0 Å². The second kappa shape index (κ2) is 8.95. The second-order valence-corrected chi connectivity index (χ2v) is 10.6. The van der Waals surface area contributed by atoms with Gasteiger partial charge in [-0.2, -0.15) is 4.31 Å². The van der Waals surface area contributed by atoms with Gasteiger partial charge in [-0.3, -0.25) is 9.69 Å². The SMILES string of the molecule is O=C(c1ccc(S(=O)(=O)N2CCCCC2)cc1)N1CCN(Cc2cccs2)CC1. The van der Waals surface area contributed by atoms with Crippen LogP contribution in [0.2, 0.25) is 0 Å². The van der Waals surface area contributed by atoms with Gasteiger partial charge in [0.2, 0.25) is 10.0 Å². The number of rotatable bonds is 5. The van der Waals surface area contributed by atoms with Crippen LogP contribution in [0.4, 0.5) is 0 Å². The van der Waals surface area contributed by atoms with E-state index < -0.39 is 10.0 Å². The quantitative estimate of drug-likeness (QED) is 0.728. The van der Waals surface area contributed by atoms with E-state index in [4.69, 9.17) is 0 Å². The summed E-state index contributed by atoms with van der Waals surface area (Å²) in [7, 11) is -3.46. The van der Waals surface area contributed by atoms with E-state index in [0.717, 1.165) is 38.9 Å². The molecule has 1 amide bonds. The van der Waals surface area contributed by atoms with Gasteiger partial charge in [-0.15, -0.1) is 11.3 Å². The summed E-state index contributed by atoms with van der Waals surface area (Å²) in [6.07, 6.45) is 2.91. The van der Waals surface area contributed by atoms with E-state index in [2.05, 4.69) is 22.4 Å². The summed E-state index contributed by atoms with van der Waals surface area (Å²) in [6, 6.07) is 10.7. The fourth-order valence-corrected chi connectivity index (χ4v) is 6.20. The number of piperazine rings is 1. The maximum absolute atomic E-state index is 12.8. The molecule has 0 N–H and O–H groups in total. The molecule has 0 radical (unpaired) electrons. The first kappa shape index (κ1) is 20.5. The predicted molar refractivity (Wildman–Crippen MR) is 115 cm³/mol. The molecule has 1 aromatic carbocycles. The number of thiophene rings is 1. The third kappa shape index (κ3) is 4.71. The van der Waals surface area contributed by atoms with Crippen molar-refractivity contribution in [1.82, 2.24) is 14.1 Å². The summed E-state index contributed by atoms with van der Waals surface area (Å²) >= 11 is 1.76. The average molecular weight is 434 g/mol. The fraction of sp³-hybridized carbons (Fsp3) is 0.476. The van der Waals surface area contributed by atoms with Crippen molar-refractivity contribution in [2.24, 2.45) is 0 Å². The Morgan fingerprint density at radius 3 is 2.21 bits per heavy atom. The van der Waals surface area contributed by atoms with Crippen LogP contribution in [0.5, 0.6) is 0 Å². The van der Waals surface area contributed by atoms with Crippen molar-refractivity contribution in [3.63, 3.8) is 0 Å². The Balaban J connectivity index is 1.36. The summed E-state index contributed by atoms with van der Waals surface area (Å²) in [5.41, 5.74) is 0.550. The maximum atomic E-state index is 12.8. The lowest BCUT2D eigenvalue weighted by atomic mass is 10.2. The van der Waals surface area contributed by atoms with Gasteiger partial charge >= 0.3 is 0 Å². The number of hydrogen-bond donors (Lipinski definition) is 0. The third-order valence-electron chi connectivity index (χ3n) is 5.67. The van der Waals surface area contributed by atoms with E-state index in [9.17, 15) is 13.2 Å². The zero-order valence-electron chi connectivity index (χ0n) is 16.5. The molecule has 2 saturated heterocycles. The topological polar surface area (TPSA) is 60.9 Å². The Kier molecular flexibility index (Phi) is 6.34. The third-order valence-corrected chi connectivity index (χ3v) is 8.45. The van der Waals surface area contributed by atoms with Gasteiger partial charge in [0.05, 0.1) is 4.90 Å². The lowest BCUT2D eigenvalue weighted by Crippen LogP contribution is -2.48. The van der Waals surface area contributed by atoms with Crippen molar-refractivity contribution >= 4 is 27.3 Å². The van der Waals surface area contributed by atoms with Gasteiger partial charge in [0.25, 0.3) is 5.91 Å². The molecule has 156 valence electrons. The van der Waals surface area contributed by atoms with E-state index in [1.165, 1.54) is 4.88 Å². The number of hydrogen-bond acceptors (Lipinski definition) is 5. The Hall–Kier alpha value is -1.74. The van der Waals surface area contributed by atoms with Crippen LogP contribution < -0.4 is 0 Å². The van der Waals surface area contributed by atoms with Crippen molar-refractivity contribution in [3.8, 4) is 0 Å². The van der Waals surface area contributed by atoms with E-state index in [-0.39, 0.29) is 10.8 Å². The number of carbonyl (C=O) groups excluding carboxylic acids is 1. The normalized spacial score (nSPS) is 19.4. The first-order valence-electron chi connectivity index (χ1n) is 10.2. The average Bonchev–Trinajstić information content (AvgIpc) is 3.27. The van der Waals surface area contributed by atoms with Gasteiger partial charge in [-0.25, -0.2) is 8.42 Å². The summed E-state index contributed by atoms with van der Waals surface area (Å²) < 4.78 is 27.1. The molecule has 2 fully saturated rings. The van der Waals surface area contributed by atoms with Crippen LogP contribution >= 0.6 is 11.3 Å². The van der Waals surface area contributed by atoms with Crippen LogP contribution in [-0.4, -0.2) is 67.7 Å². The molecule has 2 aliphatic rings. The molecule has 3 heterocycles. The second-order valence-electron chi connectivity index (χ2n) is 7.64. The van der Waals surface area contributed by atoms with Crippen LogP contribution in [0.25, 0.3) is 0 Å². The summed E-state index contributed by atoms with van der Waals surface area (Å²) in [5, 5.41) is 2.09. The van der Waals surface area contributed by atoms with Crippen LogP contribution in [0.1, 0.15) is 34.5 Å². The summed E-state index contributed by atoms with van der Waals surface area (Å²) in [4.78, 5) is 18.7. The molecule has 2 aliphatic heterocycles. The molecule has 6 nitrogen and oxygen atoms in total. The van der Waals surface area contributed by atoms with Crippen molar-refractivity contribution < 1.29 is 13.2 Å². The van der Waals surface area contributed by atoms with Crippen molar-refractivity contribution in [1.29, 1.82) is 0 Å². The van der Waals surface area contributed by atoms with Crippen LogP contribution in [0.3, 0.4) is 0 Å². The highest BCUT2D eigenvalue weighted by atomic mass is 32.2. The number of sulfonamides is 1. The largest absolute Gasteiger partial charge is 0.336 e. The molecular formula is C21H27N3O3S2. The van der Waals surface area contributed by atoms with Crippen molar-refractivity contribution in [2.75, 3.05) is 39.3 Å². The smallest absolute Gasteiger partial charge is 0.253 e. The van der Waals surface area contributed by atoms with Gasteiger partial charge in [0.1, 0.15) is 0 Å². The van der Waals surface area contributed by atoms with Crippen molar-refractivity contribution in [2.45, 2.75) is 30.7 Å². The van der Waals surface area contributed by atoms with Crippen molar-refractivity contribution in [3.05, 3.63) is 52.2 Å². The zero-order valence-corrected chi connectivity index (χ0v) is 18.1. The highest BCUT2D eigenvalue weighted by Crippen LogP contribution is 2.21. The Morgan fingerprint density at radius 2 is 1.59 bits per heavy atom. The molecule has 8 heteroatoms. The Labute approximate surface area is 176 Å². The first-order valence-corrected chi connectivity index (χ1v) is 12.5. The highest BCUT2D eigenvalue weighted by Gasteiger charge is 2.27. The molecule has 0 aliphatic carbocycles. The summed E-state index contributed by atoms with van der Waals surface area (Å²) in [5.74, 6) is -0.0253. The molecule has 0 saturated carbocycles. The molecule has 0 spiro atoms. The van der Waals surface area contributed by atoms with Crippen LogP contribution in [-0.2, 0) is 16.6 Å². The highest BCUT2D eigenvalue weighted by molar-refractivity contribution is 7.89. The first-order chi connectivity index (χ1) is 14.0. The lowest BCUT2D eigenvalue weighted by molar-refractivity contribution is 0.0629. The zero-order chi connectivity index (χ0) is 20.3. The molecule has 0 bridgehead atoms. The molecule has 4 rings (SSSR count). The lowest BCUT2D eigenvalue weighted by Gasteiger charge is -2.34. The molecule has 0 atom stereocenters. The summed E-state index contributed by atoms with van der Waals surface area (Å²) in [6.45, 7) is 5.19. The molecule has 1 aromatic heterocycles. The molecule has 0 unspecified atom stereocenters. The number of nitrogens with zero attached hydrogens (tertiary/aromatic N) is 3. The minimum absolute atomic E-state index is 0.0253. The Bertz CT molecular complexity index is 913. The monoisotopic (exact) mass is 433 g/mol. The van der Waals surface area contributed by atoms with Gasteiger partial charge in [-0.1, -0.05) is 12.5 Å². The number of piperidine rings is 1. The number of carbonyl (C=O) groups is 1. The fourth-order valence-electron chi connectivity index (χ4n) is 3.94. The van der Waals surface area contributed by atoms with E-state index in [1.54, 1.807) is 39.9 Å². The number of amides is 1. The molecular weight excluding hydrogens is 406 g/mol. The minimum atomic E-state index is -3.46. The van der Waals surface area contributed by atoms with Crippen LogP contribution in [0, 0.1) is 0 Å². The van der Waals surface area contributed by atoms with Crippen LogP contribution in [0.15, 0.2) is 46.7 Å². The number of benzene rings is 1. The minimum Gasteiger partial charge on any atom is -0.336 e. The predicted octanol–water partition coefficient (Wildman–Crippen LogP) is 2.88. The maximum Gasteiger partial charge on any atom is 0.253 e. The van der Waals surface area contributed by atoms with Gasteiger partial charge < -0.3 is 4.90 Å². The van der Waals surface area contributed by atoms with Gasteiger partial charge in [0, 0.05) is 56.3 Å². The van der Waals surface area contributed by atoms with Gasteiger partial charge in [-0.05, 0) is 48.6 Å².